The van der Waals surface area contributed by atoms with E-state index in [0.717, 1.165) is 0 Å². The van der Waals surface area contributed by atoms with E-state index in [1.165, 1.54) is 18.2 Å². The van der Waals surface area contributed by atoms with E-state index < -0.39 is 11.9 Å². The summed E-state index contributed by atoms with van der Waals surface area (Å²) in [5.41, 5.74) is 0.807. The Labute approximate surface area is 108 Å². The van der Waals surface area contributed by atoms with Crippen molar-refractivity contribution in [3.8, 4) is 0 Å². The van der Waals surface area contributed by atoms with E-state index in [0.29, 0.717) is 21.2 Å². The quantitative estimate of drug-likeness (QED) is 0.867. The fourth-order valence-corrected chi connectivity index (χ4v) is 2.05. The summed E-state index contributed by atoms with van der Waals surface area (Å²) in [5, 5.41) is 10.9. The van der Waals surface area contributed by atoms with Crippen LogP contribution < -0.4 is 0 Å². The van der Waals surface area contributed by atoms with Crippen LogP contribution in [-0.2, 0) is 0 Å². The second-order valence-electron chi connectivity index (χ2n) is 3.59. The van der Waals surface area contributed by atoms with Crippen molar-refractivity contribution >= 4 is 23.2 Å². The molecule has 0 heterocycles. The van der Waals surface area contributed by atoms with Gasteiger partial charge in [-0.3, -0.25) is 0 Å². The molecule has 2 rings (SSSR count). The summed E-state index contributed by atoms with van der Waals surface area (Å²) in [6, 6.07) is 10.7. The number of benzene rings is 2. The van der Waals surface area contributed by atoms with E-state index >= 15 is 0 Å². The average Bonchev–Trinajstić information content (AvgIpc) is 2.32. The molecule has 4 heteroatoms. The number of hydrogen-bond acceptors (Lipinski definition) is 1. The maximum absolute atomic E-state index is 13.1. The van der Waals surface area contributed by atoms with Gasteiger partial charge in [0, 0.05) is 21.2 Å². The molecule has 1 nitrogen and oxygen atoms in total. The summed E-state index contributed by atoms with van der Waals surface area (Å²) in [6.45, 7) is 0. The number of halogens is 3. The highest BCUT2D eigenvalue weighted by Crippen LogP contribution is 2.32. The first kappa shape index (κ1) is 12.4. The SMILES string of the molecule is OC(c1ccccc1Cl)c1cc(F)ccc1Cl. The van der Waals surface area contributed by atoms with Gasteiger partial charge in [-0.2, -0.15) is 0 Å². The summed E-state index contributed by atoms with van der Waals surface area (Å²) in [7, 11) is 0. The van der Waals surface area contributed by atoms with Gasteiger partial charge in [0.1, 0.15) is 11.9 Å². The van der Waals surface area contributed by atoms with Gasteiger partial charge in [0.05, 0.1) is 0 Å². The summed E-state index contributed by atoms with van der Waals surface area (Å²) >= 11 is 11.9. The molecule has 0 radical (unpaired) electrons. The summed E-state index contributed by atoms with van der Waals surface area (Å²) in [4.78, 5) is 0. The van der Waals surface area contributed by atoms with Gasteiger partial charge in [0.2, 0.25) is 0 Å². The number of aliphatic hydroxyl groups excluding tert-OH is 1. The van der Waals surface area contributed by atoms with E-state index in [9.17, 15) is 9.50 Å². The molecule has 88 valence electrons. The van der Waals surface area contributed by atoms with E-state index in [1.807, 2.05) is 0 Å². The smallest absolute Gasteiger partial charge is 0.123 e. The number of aliphatic hydroxyl groups is 1. The average molecular weight is 271 g/mol. The lowest BCUT2D eigenvalue weighted by atomic mass is 10.0. The Morgan fingerprint density at radius 1 is 0.941 bits per heavy atom. The molecule has 0 aliphatic rings. The molecule has 2 aromatic carbocycles. The Morgan fingerprint density at radius 2 is 1.59 bits per heavy atom. The molecule has 0 amide bonds. The number of rotatable bonds is 2. The molecule has 2 aromatic rings. The molecule has 0 aliphatic heterocycles. The zero-order chi connectivity index (χ0) is 12.4. The second kappa shape index (κ2) is 5.05. The first-order valence-corrected chi connectivity index (χ1v) is 5.72. The van der Waals surface area contributed by atoms with Crippen molar-refractivity contribution in [2.75, 3.05) is 0 Å². The van der Waals surface area contributed by atoms with Gasteiger partial charge in [-0.1, -0.05) is 41.4 Å². The molecule has 0 fully saturated rings. The van der Waals surface area contributed by atoms with Crippen LogP contribution in [0.5, 0.6) is 0 Å². The zero-order valence-electron chi connectivity index (χ0n) is 8.70. The van der Waals surface area contributed by atoms with Crippen molar-refractivity contribution in [1.82, 2.24) is 0 Å². The highest BCUT2D eigenvalue weighted by Gasteiger charge is 2.17. The molecule has 0 spiro atoms. The highest BCUT2D eigenvalue weighted by molar-refractivity contribution is 6.32. The van der Waals surface area contributed by atoms with Crippen LogP contribution in [-0.4, -0.2) is 5.11 Å². The summed E-state index contributed by atoms with van der Waals surface area (Å²) in [5.74, 6) is -0.449. The zero-order valence-corrected chi connectivity index (χ0v) is 10.2. The summed E-state index contributed by atoms with van der Waals surface area (Å²) < 4.78 is 13.1. The molecule has 0 aliphatic carbocycles. The highest BCUT2D eigenvalue weighted by atomic mass is 35.5. The lowest BCUT2D eigenvalue weighted by Gasteiger charge is -2.14. The molecular formula is C13H9Cl2FO. The van der Waals surface area contributed by atoms with Crippen LogP contribution in [0.2, 0.25) is 10.0 Å². The molecule has 0 saturated heterocycles. The fraction of sp³-hybridized carbons (Fsp3) is 0.0769. The molecular weight excluding hydrogens is 262 g/mol. The lowest BCUT2D eigenvalue weighted by molar-refractivity contribution is 0.220. The molecule has 0 aromatic heterocycles. The molecule has 1 unspecified atom stereocenters. The van der Waals surface area contributed by atoms with Crippen LogP contribution in [0.1, 0.15) is 17.2 Å². The van der Waals surface area contributed by atoms with Crippen molar-refractivity contribution in [3.05, 3.63) is 69.5 Å². The molecule has 0 bridgehead atoms. The van der Waals surface area contributed by atoms with E-state index in [4.69, 9.17) is 23.2 Å². The van der Waals surface area contributed by atoms with Crippen molar-refractivity contribution in [1.29, 1.82) is 0 Å². The summed E-state index contributed by atoms with van der Waals surface area (Å²) in [6.07, 6.45) is -1.04. The minimum atomic E-state index is -1.04. The Bertz CT molecular complexity index is 543. The second-order valence-corrected chi connectivity index (χ2v) is 4.40. The van der Waals surface area contributed by atoms with Crippen LogP contribution in [0.3, 0.4) is 0 Å². The van der Waals surface area contributed by atoms with Gasteiger partial charge in [-0.15, -0.1) is 0 Å². The van der Waals surface area contributed by atoms with Crippen LogP contribution in [0.25, 0.3) is 0 Å². The minimum Gasteiger partial charge on any atom is -0.384 e. The van der Waals surface area contributed by atoms with Crippen molar-refractivity contribution in [2.45, 2.75) is 6.10 Å². The number of hydrogen-bond donors (Lipinski definition) is 1. The Morgan fingerprint density at radius 3 is 2.29 bits per heavy atom. The molecule has 1 atom stereocenters. The fourth-order valence-electron chi connectivity index (χ4n) is 1.59. The van der Waals surface area contributed by atoms with Crippen molar-refractivity contribution < 1.29 is 9.50 Å². The van der Waals surface area contributed by atoms with Gasteiger partial charge in [0.15, 0.2) is 0 Å². The van der Waals surface area contributed by atoms with E-state index in [1.54, 1.807) is 24.3 Å². The monoisotopic (exact) mass is 270 g/mol. The Hall–Kier alpha value is -1.09. The molecule has 1 N–H and O–H groups in total. The topological polar surface area (TPSA) is 20.2 Å². The van der Waals surface area contributed by atoms with Gasteiger partial charge in [-0.25, -0.2) is 4.39 Å². The predicted molar refractivity (Wildman–Crippen MR) is 66.9 cm³/mol. The Balaban J connectivity index is 2.47. The van der Waals surface area contributed by atoms with Crippen molar-refractivity contribution in [3.63, 3.8) is 0 Å². The largest absolute Gasteiger partial charge is 0.384 e. The molecule has 17 heavy (non-hydrogen) atoms. The van der Waals surface area contributed by atoms with Crippen molar-refractivity contribution in [2.24, 2.45) is 0 Å². The Kier molecular flexibility index (Phi) is 3.67. The third-order valence-electron chi connectivity index (χ3n) is 2.45. The normalized spacial score (nSPS) is 12.5. The van der Waals surface area contributed by atoms with Crippen LogP contribution in [0.4, 0.5) is 4.39 Å². The lowest BCUT2D eigenvalue weighted by Crippen LogP contribution is -2.01. The van der Waals surface area contributed by atoms with E-state index in [2.05, 4.69) is 0 Å². The first-order chi connectivity index (χ1) is 8.09. The van der Waals surface area contributed by atoms with Gasteiger partial charge >= 0.3 is 0 Å². The predicted octanol–water partition coefficient (Wildman–Crippen LogP) is 4.21. The first-order valence-electron chi connectivity index (χ1n) is 4.97. The third kappa shape index (κ3) is 2.60. The van der Waals surface area contributed by atoms with Gasteiger partial charge < -0.3 is 5.11 Å². The third-order valence-corrected chi connectivity index (χ3v) is 3.14. The van der Waals surface area contributed by atoms with Crippen LogP contribution in [0.15, 0.2) is 42.5 Å². The van der Waals surface area contributed by atoms with Gasteiger partial charge in [0.25, 0.3) is 0 Å². The van der Waals surface area contributed by atoms with Gasteiger partial charge in [-0.05, 0) is 24.3 Å². The van der Waals surface area contributed by atoms with Crippen LogP contribution >= 0.6 is 23.2 Å². The van der Waals surface area contributed by atoms with E-state index in [-0.39, 0.29) is 0 Å². The maximum Gasteiger partial charge on any atom is 0.123 e. The maximum atomic E-state index is 13.1. The standard InChI is InChI=1S/C13H9Cl2FO/c14-11-4-2-1-3-9(11)13(17)10-7-8(16)5-6-12(10)15/h1-7,13,17H. The minimum absolute atomic E-state index is 0.304. The van der Waals surface area contributed by atoms with Crippen LogP contribution in [0, 0.1) is 5.82 Å². The molecule has 0 saturated carbocycles.